The van der Waals surface area contributed by atoms with Crippen LogP contribution in [0.4, 0.5) is 5.69 Å². The standard InChI is InChI=1S/C23H29N3O4/c1-7-26-15(4)18(21(16(26)5)23(29)30-8-2)10-12-20(27)25-19-11-9-17(13-14(19)3)22(28)24-6/h9-13H,7-8H2,1-6H3,(H,24,28)(H,25,27). The smallest absolute Gasteiger partial charge is 0.340 e. The second kappa shape index (κ2) is 9.91. The lowest BCUT2D eigenvalue weighted by Crippen LogP contribution is -2.18. The number of aryl methyl sites for hydroxylation is 1. The van der Waals surface area contributed by atoms with E-state index in [9.17, 15) is 14.4 Å². The molecule has 0 bridgehead atoms. The van der Waals surface area contributed by atoms with E-state index in [2.05, 4.69) is 10.6 Å². The van der Waals surface area contributed by atoms with Crippen molar-refractivity contribution in [2.24, 2.45) is 0 Å². The molecule has 2 rings (SSSR count). The van der Waals surface area contributed by atoms with E-state index in [-0.39, 0.29) is 18.4 Å². The van der Waals surface area contributed by atoms with Gasteiger partial charge in [-0.1, -0.05) is 0 Å². The molecule has 0 fully saturated rings. The quantitative estimate of drug-likeness (QED) is 0.538. The molecular formula is C23H29N3O4. The summed E-state index contributed by atoms with van der Waals surface area (Å²) in [7, 11) is 1.57. The Labute approximate surface area is 177 Å². The van der Waals surface area contributed by atoms with Crippen LogP contribution in [0.25, 0.3) is 6.08 Å². The first kappa shape index (κ1) is 22.9. The van der Waals surface area contributed by atoms with Gasteiger partial charge >= 0.3 is 5.97 Å². The Balaban J connectivity index is 2.28. The molecule has 30 heavy (non-hydrogen) atoms. The summed E-state index contributed by atoms with van der Waals surface area (Å²) in [6.07, 6.45) is 3.04. The molecule has 0 spiro atoms. The van der Waals surface area contributed by atoms with E-state index in [0.29, 0.717) is 28.9 Å². The molecule has 7 heteroatoms. The maximum atomic E-state index is 12.5. The first-order valence-corrected chi connectivity index (χ1v) is 9.93. The average Bonchev–Trinajstić information content (AvgIpc) is 2.96. The summed E-state index contributed by atoms with van der Waals surface area (Å²) in [4.78, 5) is 36.7. The molecule has 0 saturated carbocycles. The Morgan fingerprint density at radius 2 is 1.80 bits per heavy atom. The van der Waals surface area contributed by atoms with Crippen LogP contribution in [0.3, 0.4) is 0 Å². The van der Waals surface area contributed by atoms with Crippen LogP contribution in [-0.4, -0.2) is 36.0 Å². The molecule has 7 nitrogen and oxygen atoms in total. The Bertz CT molecular complexity index is 1000. The Kier molecular flexibility index (Phi) is 7.58. The van der Waals surface area contributed by atoms with Gasteiger partial charge < -0.3 is 19.9 Å². The van der Waals surface area contributed by atoms with Crippen molar-refractivity contribution >= 4 is 29.5 Å². The third-order valence-electron chi connectivity index (χ3n) is 5.00. The average molecular weight is 412 g/mol. The maximum Gasteiger partial charge on any atom is 0.340 e. The Hall–Kier alpha value is -3.35. The summed E-state index contributed by atoms with van der Waals surface area (Å²) in [6, 6.07) is 5.06. The van der Waals surface area contributed by atoms with Crippen LogP contribution < -0.4 is 10.6 Å². The molecule has 2 aromatic rings. The van der Waals surface area contributed by atoms with Gasteiger partial charge in [0.25, 0.3) is 5.91 Å². The number of hydrogen-bond donors (Lipinski definition) is 2. The van der Waals surface area contributed by atoms with E-state index in [1.54, 1.807) is 38.2 Å². The summed E-state index contributed by atoms with van der Waals surface area (Å²) >= 11 is 0. The number of rotatable bonds is 7. The molecule has 0 saturated heterocycles. The lowest BCUT2D eigenvalue weighted by atomic mass is 10.1. The summed E-state index contributed by atoms with van der Waals surface area (Å²) < 4.78 is 7.22. The van der Waals surface area contributed by atoms with Crippen molar-refractivity contribution in [2.75, 3.05) is 19.0 Å². The van der Waals surface area contributed by atoms with E-state index in [0.717, 1.165) is 17.0 Å². The number of nitrogens with zero attached hydrogens (tertiary/aromatic N) is 1. The van der Waals surface area contributed by atoms with Gasteiger partial charge in [0.15, 0.2) is 0 Å². The molecule has 1 aromatic carbocycles. The maximum absolute atomic E-state index is 12.5. The molecule has 1 aromatic heterocycles. The summed E-state index contributed by atoms with van der Waals surface area (Å²) in [5, 5.41) is 5.38. The number of hydrogen-bond acceptors (Lipinski definition) is 4. The highest BCUT2D eigenvalue weighted by atomic mass is 16.5. The first-order valence-electron chi connectivity index (χ1n) is 9.93. The zero-order chi connectivity index (χ0) is 22.4. The molecule has 0 unspecified atom stereocenters. The van der Waals surface area contributed by atoms with E-state index in [4.69, 9.17) is 4.74 Å². The number of anilines is 1. The van der Waals surface area contributed by atoms with Crippen molar-refractivity contribution in [2.45, 2.75) is 41.2 Å². The molecular weight excluding hydrogens is 382 g/mol. The predicted octanol–water partition coefficient (Wildman–Crippen LogP) is 3.62. The van der Waals surface area contributed by atoms with E-state index >= 15 is 0 Å². The minimum atomic E-state index is -0.397. The van der Waals surface area contributed by atoms with Crippen molar-refractivity contribution < 1.29 is 19.1 Å². The molecule has 0 atom stereocenters. The largest absolute Gasteiger partial charge is 0.462 e. The first-order chi connectivity index (χ1) is 14.2. The number of ether oxygens (including phenoxy) is 1. The van der Waals surface area contributed by atoms with Crippen LogP contribution in [0.5, 0.6) is 0 Å². The topological polar surface area (TPSA) is 89.4 Å². The molecule has 0 radical (unpaired) electrons. The van der Waals surface area contributed by atoms with Crippen molar-refractivity contribution in [3.63, 3.8) is 0 Å². The molecule has 0 aliphatic heterocycles. The number of carbonyl (C=O) groups is 3. The van der Waals surface area contributed by atoms with Crippen LogP contribution in [0.1, 0.15) is 57.1 Å². The highest BCUT2D eigenvalue weighted by Gasteiger charge is 2.22. The van der Waals surface area contributed by atoms with Gasteiger partial charge in [-0.3, -0.25) is 9.59 Å². The van der Waals surface area contributed by atoms with Crippen LogP contribution in [-0.2, 0) is 16.1 Å². The fraction of sp³-hybridized carbons (Fsp3) is 0.348. The van der Waals surface area contributed by atoms with Gasteiger partial charge in [0.05, 0.1) is 12.2 Å². The van der Waals surface area contributed by atoms with Gasteiger partial charge in [-0.2, -0.15) is 0 Å². The number of aromatic nitrogens is 1. The Morgan fingerprint density at radius 3 is 2.37 bits per heavy atom. The number of esters is 1. The van der Waals surface area contributed by atoms with Crippen LogP contribution in [0, 0.1) is 20.8 Å². The van der Waals surface area contributed by atoms with Gasteiger partial charge in [-0.25, -0.2) is 4.79 Å². The number of nitrogens with one attached hydrogen (secondary N) is 2. The molecule has 160 valence electrons. The van der Waals surface area contributed by atoms with Crippen molar-refractivity contribution in [3.05, 3.63) is 57.9 Å². The third kappa shape index (κ3) is 4.79. The van der Waals surface area contributed by atoms with E-state index in [1.807, 2.05) is 32.3 Å². The molecule has 0 aliphatic rings. The summed E-state index contributed by atoms with van der Waals surface area (Å²) in [5.41, 5.74) is 4.77. The molecule has 1 heterocycles. The fourth-order valence-corrected chi connectivity index (χ4v) is 3.47. The van der Waals surface area contributed by atoms with Crippen LogP contribution in [0.2, 0.25) is 0 Å². The van der Waals surface area contributed by atoms with E-state index in [1.165, 1.54) is 6.08 Å². The zero-order valence-corrected chi connectivity index (χ0v) is 18.4. The van der Waals surface area contributed by atoms with Crippen molar-refractivity contribution in [3.8, 4) is 0 Å². The highest BCUT2D eigenvalue weighted by Crippen LogP contribution is 2.25. The lowest BCUT2D eigenvalue weighted by Gasteiger charge is -2.08. The van der Waals surface area contributed by atoms with Crippen LogP contribution in [0.15, 0.2) is 24.3 Å². The van der Waals surface area contributed by atoms with Gasteiger partial charge in [0, 0.05) is 47.9 Å². The fourth-order valence-electron chi connectivity index (χ4n) is 3.47. The number of amides is 2. The molecule has 0 aliphatic carbocycles. The second-order valence-electron chi connectivity index (χ2n) is 6.86. The van der Waals surface area contributed by atoms with Gasteiger partial charge in [0.1, 0.15) is 0 Å². The van der Waals surface area contributed by atoms with E-state index < -0.39 is 5.97 Å². The normalized spacial score (nSPS) is 10.9. The van der Waals surface area contributed by atoms with Crippen molar-refractivity contribution in [1.29, 1.82) is 0 Å². The lowest BCUT2D eigenvalue weighted by molar-refractivity contribution is -0.111. The highest BCUT2D eigenvalue weighted by molar-refractivity contribution is 6.04. The number of carbonyl (C=O) groups excluding carboxylic acids is 3. The minimum absolute atomic E-state index is 0.186. The summed E-state index contributed by atoms with van der Waals surface area (Å²) in [5.74, 6) is -0.915. The minimum Gasteiger partial charge on any atom is -0.462 e. The van der Waals surface area contributed by atoms with Crippen molar-refractivity contribution in [1.82, 2.24) is 9.88 Å². The predicted molar refractivity (Wildman–Crippen MR) is 118 cm³/mol. The number of benzene rings is 1. The molecule has 2 amide bonds. The SMILES string of the molecule is CCOC(=O)c1c(C=CC(=O)Nc2ccc(C(=O)NC)cc2C)c(C)n(CC)c1C. The third-order valence-corrected chi connectivity index (χ3v) is 5.00. The van der Waals surface area contributed by atoms with Gasteiger partial charge in [-0.15, -0.1) is 0 Å². The van der Waals surface area contributed by atoms with Gasteiger partial charge in [-0.05, 0) is 64.5 Å². The second-order valence-corrected chi connectivity index (χ2v) is 6.86. The van der Waals surface area contributed by atoms with Crippen LogP contribution >= 0.6 is 0 Å². The molecule has 2 N–H and O–H groups in total. The summed E-state index contributed by atoms with van der Waals surface area (Å²) in [6.45, 7) is 10.4. The monoisotopic (exact) mass is 411 g/mol. The van der Waals surface area contributed by atoms with Gasteiger partial charge in [0.2, 0.25) is 5.91 Å². The Morgan fingerprint density at radius 1 is 1.10 bits per heavy atom. The zero-order valence-electron chi connectivity index (χ0n) is 18.4.